The first-order valence-electron chi connectivity index (χ1n) is 5.69. The van der Waals surface area contributed by atoms with E-state index in [9.17, 15) is 14.7 Å². The van der Waals surface area contributed by atoms with Crippen molar-refractivity contribution in [2.24, 2.45) is 0 Å². The summed E-state index contributed by atoms with van der Waals surface area (Å²) in [5.74, 6) is -0.872. The highest BCUT2D eigenvalue weighted by Crippen LogP contribution is 2.22. The predicted octanol–water partition coefficient (Wildman–Crippen LogP) is 2.81. The molecule has 0 radical (unpaired) electrons. The minimum atomic E-state index is -0.702. The Morgan fingerprint density at radius 2 is 1.53 bits per heavy atom. The lowest BCUT2D eigenvalue weighted by molar-refractivity contribution is 0.0730. The Hall–Kier alpha value is -2.62. The van der Waals surface area contributed by atoms with Crippen LogP contribution in [0.1, 0.15) is 27.6 Å². The number of hydrogen-bond donors (Lipinski definition) is 1. The lowest BCUT2D eigenvalue weighted by Crippen LogP contribution is -2.11. The molecular formula is C15H12O4. The van der Waals surface area contributed by atoms with Crippen molar-refractivity contribution in [3.05, 3.63) is 59.7 Å². The number of ether oxygens (including phenoxy) is 1. The van der Waals surface area contributed by atoms with Crippen LogP contribution in [0.4, 0.5) is 0 Å². The number of esters is 1. The molecule has 0 aliphatic heterocycles. The first-order valence-corrected chi connectivity index (χ1v) is 5.69. The van der Waals surface area contributed by atoms with E-state index in [4.69, 9.17) is 4.74 Å². The van der Waals surface area contributed by atoms with Crippen LogP contribution in [0.25, 0.3) is 0 Å². The van der Waals surface area contributed by atoms with Crippen molar-refractivity contribution < 1.29 is 19.4 Å². The van der Waals surface area contributed by atoms with Gasteiger partial charge in [0.2, 0.25) is 0 Å². The minimum Gasteiger partial charge on any atom is -0.507 e. The largest absolute Gasteiger partial charge is 0.507 e. The van der Waals surface area contributed by atoms with E-state index in [1.807, 2.05) is 0 Å². The molecule has 2 rings (SSSR count). The van der Waals surface area contributed by atoms with Gasteiger partial charge in [-0.3, -0.25) is 4.79 Å². The molecule has 0 spiro atoms. The number of ketones is 1. The summed E-state index contributed by atoms with van der Waals surface area (Å²) in [6.45, 7) is 1.40. The van der Waals surface area contributed by atoms with Gasteiger partial charge in [-0.05, 0) is 31.2 Å². The Morgan fingerprint density at radius 1 is 0.947 bits per heavy atom. The molecule has 4 nitrogen and oxygen atoms in total. The van der Waals surface area contributed by atoms with Gasteiger partial charge in [-0.25, -0.2) is 4.79 Å². The van der Waals surface area contributed by atoms with Crippen LogP contribution in [0.3, 0.4) is 0 Å². The van der Waals surface area contributed by atoms with E-state index in [0.29, 0.717) is 5.56 Å². The van der Waals surface area contributed by atoms with E-state index in [0.717, 1.165) is 0 Å². The molecule has 0 fully saturated rings. The summed E-state index contributed by atoms with van der Waals surface area (Å²) in [5, 5.41) is 9.57. The first-order chi connectivity index (χ1) is 9.09. The molecule has 1 N–H and O–H groups in total. The minimum absolute atomic E-state index is 0.0563. The number of aromatic hydroxyl groups is 1. The highest BCUT2D eigenvalue weighted by atomic mass is 16.5. The van der Waals surface area contributed by atoms with Gasteiger partial charge in [0.25, 0.3) is 0 Å². The van der Waals surface area contributed by atoms with Gasteiger partial charge in [0.1, 0.15) is 17.1 Å². The van der Waals surface area contributed by atoms with Crippen LogP contribution in [0.15, 0.2) is 48.5 Å². The number of para-hydroxylation sites is 2. The maximum Gasteiger partial charge on any atom is 0.347 e. The molecule has 0 aliphatic carbocycles. The Morgan fingerprint density at radius 3 is 2.16 bits per heavy atom. The molecule has 0 saturated heterocycles. The molecule has 96 valence electrons. The van der Waals surface area contributed by atoms with Crippen LogP contribution in [0.5, 0.6) is 11.5 Å². The Balaban J connectivity index is 2.30. The van der Waals surface area contributed by atoms with Crippen molar-refractivity contribution in [3.63, 3.8) is 0 Å². The average molecular weight is 256 g/mol. The third-order valence-corrected chi connectivity index (χ3v) is 2.59. The highest BCUT2D eigenvalue weighted by molar-refractivity contribution is 5.99. The second-order valence-electron chi connectivity index (χ2n) is 3.96. The van der Waals surface area contributed by atoms with E-state index in [-0.39, 0.29) is 22.8 Å². The van der Waals surface area contributed by atoms with Crippen molar-refractivity contribution in [1.29, 1.82) is 0 Å². The van der Waals surface area contributed by atoms with E-state index in [1.165, 1.54) is 25.1 Å². The zero-order valence-corrected chi connectivity index (χ0v) is 10.3. The molecular weight excluding hydrogens is 244 g/mol. The summed E-state index contributed by atoms with van der Waals surface area (Å²) in [4.78, 5) is 23.3. The summed E-state index contributed by atoms with van der Waals surface area (Å²) in [6.07, 6.45) is 0. The van der Waals surface area contributed by atoms with E-state index in [2.05, 4.69) is 0 Å². The fourth-order valence-electron chi connectivity index (χ4n) is 1.65. The van der Waals surface area contributed by atoms with Gasteiger partial charge in [0.15, 0.2) is 5.78 Å². The number of phenolic OH excluding ortho intramolecular Hbond substituents is 1. The highest BCUT2D eigenvalue weighted by Gasteiger charge is 2.16. The van der Waals surface area contributed by atoms with Gasteiger partial charge in [-0.2, -0.15) is 0 Å². The molecule has 0 atom stereocenters. The summed E-state index contributed by atoms with van der Waals surface area (Å²) >= 11 is 0. The molecule has 2 aromatic carbocycles. The van der Waals surface area contributed by atoms with Crippen molar-refractivity contribution in [2.75, 3.05) is 0 Å². The first kappa shape index (κ1) is 12.8. The number of benzene rings is 2. The Bertz CT molecular complexity index is 632. The maximum absolute atomic E-state index is 11.9. The van der Waals surface area contributed by atoms with E-state index in [1.54, 1.807) is 30.3 Å². The Labute approximate surface area is 110 Å². The van der Waals surface area contributed by atoms with E-state index < -0.39 is 5.97 Å². The normalized spacial score (nSPS) is 9.95. The molecule has 0 aromatic heterocycles. The van der Waals surface area contributed by atoms with Gasteiger partial charge in [0, 0.05) is 0 Å². The second-order valence-corrected chi connectivity index (χ2v) is 3.96. The summed E-state index contributed by atoms with van der Waals surface area (Å²) < 4.78 is 5.15. The van der Waals surface area contributed by atoms with Crippen molar-refractivity contribution in [1.82, 2.24) is 0 Å². The number of Topliss-reactive ketones (excluding diaryl/α,β-unsaturated/α-hetero) is 1. The summed E-state index contributed by atoms with van der Waals surface area (Å²) in [5.41, 5.74) is 0.382. The topological polar surface area (TPSA) is 63.6 Å². The average Bonchev–Trinajstić information content (AvgIpc) is 2.39. The number of carbonyl (C=O) groups is 2. The fraction of sp³-hybridized carbons (Fsp3) is 0.0667. The van der Waals surface area contributed by atoms with Gasteiger partial charge in [-0.15, -0.1) is 0 Å². The van der Waals surface area contributed by atoms with Crippen LogP contribution in [0, 0.1) is 0 Å². The second kappa shape index (κ2) is 5.35. The maximum atomic E-state index is 11.9. The van der Waals surface area contributed by atoms with Crippen LogP contribution in [0.2, 0.25) is 0 Å². The summed E-state index contributed by atoms with van der Waals surface area (Å²) in [6, 6.07) is 12.5. The van der Waals surface area contributed by atoms with Gasteiger partial charge < -0.3 is 9.84 Å². The Kier molecular flexibility index (Phi) is 3.61. The van der Waals surface area contributed by atoms with Crippen molar-refractivity contribution >= 4 is 11.8 Å². The van der Waals surface area contributed by atoms with Crippen LogP contribution in [-0.2, 0) is 0 Å². The van der Waals surface area contributed by atoms with Crippen LogP contribution >= 0.6 is 0 Å². The number of rotatable bonds is 3. The van der Waals surface area contributed by atoms with Gasteiger partial charge >= 0.3 is 5.97 Å². The van der Waals surface area contributed by atoms with Crippen molar-refractivity contribution in [3.8, 4) is 11.5 Å². The molecule has 0 aliphatic rings. The molecule has 0 unspecified atom stereocenters. The molecule has 0 bridgehead atoms. The molecule has 0 saturated carbocycles. The summed E-state index contributed by atoms with van der Waals surface area (Å²) in [7, 11) is 0. The SMILES string of the molecule is CC(=O)c1ccccc1OC(=O)c1ccccc1O. The van der Waals surface area contributed by atoms with Crippen LogP contribution < -0.4 is 4.74 Å². The molecule has 19 heavy (non-hydrogen) atoms. The van der Waals surface area contributed by atoms with Gasteiger partial charge in [0.05, 0.1) is 5.56 Å². The number of phenols is 1. The zero-order valence-electron chi connectivity index (χ0n) is 10.3. The van der Waals surface area contributed by atoms with Gasteiger partial charge in [-0.1, -0.05) is 24.3 Å². The number of hydrogen-bond acceptors (Lipinski definition) is 4. The third kappa shape index (κ3) is 2.80. The quantitative estimate of drug-likeness (QED) is 0.521. The van der Waals surface area contributed by atoms with Crippen LogP contribution in [-0.4, -0.2) is 16.9 Å². The predicted molar refractivity (Wildman–Crippen MR) is 69.5 cm³/mol. The monoisotopic (exact) mass is 256 g/mol. The molecule has 0 heterocycles. The lowest BCUT2D eigenvalue weighted by atomic mass is 10.1. The molecule has 2 aromatic rings. The molecule has 0 amide bonds. The standard InChI is InChI=1S/C15H12O4/c1-10(16)11-6-3-5-9-14(11)19-15(18)12-7-2-4-8-13(12)17/h2-9,17H,1H3. The zero-order chi connectivity index (χ0) is 13.8. The number of carbonyl (C=O) groups excluding carboxylic acids is 2. The molecule has 4 heteroatoms. The fourth-order valence-corrected chi connectivity index (χ4v) is 1.65. The van der Waals surface area contributed by atoms with Crippen molar-refractivity contribution in [2.45, 2.75) is 6.92 Å². The smallest absolute Gasteiger partial charge is 0.347 e. The van der Waals surface area contributed by atoms with E-state index >= 15 is 0 Å². The third-order valence-electron chi connectivity index (χ3n) is 2.59. The lowest BCUT2D eigenvalue weighted by Gasteiger charge is -2.08.